The summed E-state index contributed by atoms with van der Waals surface area (Å²) in [6, 6.07) is 4.22. The summed E-state index contributed by atoms with van der Waals surface area (Å²) in [6.07, 6.45) is 5.16. The molecule has 1 aliphatic carbocycles. The van der Waals surface area contributed by atoms with E-state index < -0.39 is 0 Å². The molecule has 0 radical (unpaired) electrons. The Morgan fingerprint density at radius 1 is 1.47 bits per heavy atom. The van der Waals surface area contributed by atoms with Crippen LogP contribution in [0.2, 0.25) is 0 Å². The second kappa shape index (κ2) is 3.93. The molecule has 1 saturated carbocycles. The standard InChI is InChI=1S/C13H20N2/c1-13(2,3)15-9-11-7-12(11)10-5-4-6-14-8-10/h4-6,8,11-12,15H,7,9H2,1-3H3. The van der Waals surface area contributed by atoms with Gasteiger partial charge in [0.1, 0.15) is 0 Å². The zero-order chi connectivity index (χ0) is 10.9. The second-order valence-electron chi connectivity index (χ2n) is 5.52. The second-order valence-corrected chi connectivity index (χ2v) is 5.52. The van der Waals surface area contributed by atoms with E-state index in [2.05, 4.69) is 37.1 Å². The monoisotopic (exact) mass is 204 g/mol. The summed E-state index contributed by atoms with van der Waals surface area (Å²) < 4.78 is 0. The van der Waals surface area contributed by atoms with Gasteiger partial charge in [-0.3, -0.25) is 4.98 Å². The molecule has 2 heteroatoms. The lowest BCUT2D eigenvalue weighted by Crippen LogP contribution is -2.37. The maximum atomic E-state index is 4.17. The number of hydrogen-bond acceptors (Lipinski definition) is 2. The first-order valence-corrected chi connectivity index (χ1v) is 5.71. The van der Waals surface area contributed by atoms with Gasteiger partial charge in [-0.2, -0.15) is 0 Å². The summed E-state index contributed by atoms with van der Waals surface area (Å²) in [5.74, 6) is 1.56. The van der Waals surface area contributed by atoms with E-state index in [0.29, 0.717) is 0 Å². The van der Waals surface area contributed by atoms with Crippen LogP contribution in [0.1, 0.15) is 38.7 Å². The molecule has 1 heterocycles. The van der Waals surface area contributed by atoms with Gasteiger partial charge in [0, 0.05) is 17.9 Å². The molecule has 2 atom stereocenters. The molecule has 0 saturated heterocycles. The predicted molar refractivity (Wildman–Crippen MR) is 62.8 cm³/mol. The van der Waals surface area contributed by atoms with Gasteiger partial charge in [0.25, 0.3) is 0 Å². The lowest BCUT2D eigenvalue weighted by Gasteiger charge is -2.20. The maximum Gasteiger partial charge on any atom is 0.0302 e. The number of hydrogen-bond donors (Lipinski definition) is 1. The molecule has 1 aromatic rings. The summed E-state index contributed by atoms with van der Waals surface area (Å²) >= 11 is 0. The minimum absolute atomic E-state index is 0.238. The summed E-state index contributed by atoms with van der Waals surface area (Å²) in [5.41, 5.74) is 1.64. The van der Waals surface area contributed by atoms with Crippen LogP contribution in [-0.2, 0) is 0 Å². The van der Waals surface area contributed by atoms with Crippen molar-refractivity contribution in [2.24, 2.45) is 5.92 Å². The molecule has 1 aromatic heterocycles. The number of nitrogens with one attached hydrogen (secondary N) is 1. The van der Waals surface area contributed by atoms with Gasteiger partial charge >= 0.3 is 0 Å². The summed E-state index contributed by atoms with van der Waals surface area (Å²) in [5, 5.41) is 3.56. The Morgan fingerprint density at radius 2 is 2.27 bits per heavy atom. The predicted octanol–water partition coefficient (Wildman–Crippen LogP) is 2.57. The Bertz CT molecular complexity index is 313. The highest BCUT2D eigenvalue weighted by Crippen LogP contribution is 2.46. The van der Waals surface area contributed by atoms with Crippen molar-refractivity contribution in [2.75, 3.05) is 6.54 Å². The molecule has 15 heavy (non-hydrogen) atoms. The molecule has 0 bridgehead atoms. The molecule has 0 spiro atoms. The van der Waals surface area contributed by atoms with Crippen LogP contribution in [0.15, 0.2) is 24.5 Å². The fourth-order valence-corrected chi connectivity index (χ4v) is 1.91. The third-order valence-electron chi connectivity index (χ3n) is 2.93. The van der Waals surface area contributed by atoms with Crippen molar-refractivity contribution in [1.82, 2.24) is 10.3 Å². The molecular weight excluding hydrogens is 184 g/mol. The number of aromatic nitrogens is 1. The van der Waals surface area contributed by atoms with Gasteiger partial charge in [0.15, 0.2) is 0 Å². The van der Waals surface area contributed by atoms with Crippen molar-refractivity contribution in [3.8, 4) is 0 Å². The highest BCUT2D eigenvalue weighted by atomic mass is 15.0. The van der Waals surface area contributed by atoms with Crippen LogP contribution >= 0.6 is 0 Å². The van der Waals surface area contributed by atoms with Crippen molar-refractivity contribution in [3.05, 3.63) is 30.1 Å². The van der Waals surface area contributed by atoms with Crippen LogP contribution in [0, 0.1) is 5.92 Å². The Balaban J connectivity index is 1.82. The van der Waals surface area contributed by atoms with Crippen molar-refractivity contribution in [3.63, 3.8) is 0 Å². The van der Waals surface area contributed by atoms with Crippen molar-refractivity contribution >= 4 is 0 Å². The highest BCUT2D eigenvalue weighted by Gasteiger charge is 2.38. The van der Waals surface area contributed by atoms with Crippen LogP contribution < -0.4 is 5.32 Å². The van der Waals surface area contributed by atoms with E-state index in [0.717, 1.165) is 18.4 Å². The van der Waals surface area contributed by atoms with Crippen LogP contribution in [0.4, 0.5) is 0 Å². The summed E-state index contributed by atoms with van der Waals surface area (Å²) in [4.78, 5) is 4.17. The smallest absolute Gasteiger partial charge is 0.0302 e. The zero-order valence-electron chi connectivity index (χ0n) is 9.83. The highest BCUT2D eigenvalue weighted by molar-refractivity contribution is 5.22. The Labute approximate surface area is 92.1 Å². The molecule has 2 nitrogen and oxygen atoms in total. The van der Waals surface area contributed by atoms with Crippen molar-refractivity contribution < 1.29 is 0 Å². The van der Waals surface area contributed by atoms with E-state index >= 15 is 0 Å². The van der Waals surface area contributed by atoms with E-state index in [1.54, 1.807) is 0 Å². The molecule has 82 valence electrons. The zero-order valence-corrected chi connectivity index (χ0v) is 9.83. The van der Waals surface area contributed by atoms with Crippen LogP contribution in [0.3, 0.4) is 0 Å². The normalized spacial score (nSPS) is 25.3. The van der Waals surface area contributed by atoms with E-state index in [1.807, 2.05) is 18.5 Å². The van der Waals surface area contributed by atoms with Gasteiger partial charge in [0.05, 0.1) is 0 Å². The molecular formula is C13H20N2. The van der Waals surface area contributed by atoms with Gasteiger partial charge in [-0.05, 0) is 57.2 Å². The first-order chi connectivity index (χ1) is 7.06. The van der Waals surface area contributed by atoms with Crippen LogP contribution in [0.25, 0.3) is 0 Å². The van der Waals surface area contributed by atoms with Crippen LogP contribution in [0.5, 0.6) is 0 Å². The fraction of sp³-hybridized carbons (Fsp3) is 0.615. The largest absolute Gasteiger partial charge is 0.312 e. The quantitative estimate of drug-likeness (QED) is 0.818. The molecule has 1 N–H and O–H groups in total. The van der Waals surface area contributed by atoms with Crippen molar-refractivity contribution in [2.45, 2.75) is 38.6 Å². The van der Waals surface area contributed by atoms with E-state index in [4.69, 9.17) is 0 Å². The molecule has 2 unspecified atom stereocenters. The van der Waals surface area contributed by atoms with Gasteiger partial charge in [-0.15, -0.1) is 0 Å². The van der Waals surface area contributed by atoms with E-state index in [1.165, 1.54) is 12.0 Å². The molecule has 0 aromatic carbocycles. The lowest BCUT2D eigenvalue weighted by molar-refractivity contribution is 0.414. The molecule has 0 aliphatic heterocycles. The molecule has 0 amide bonds. The number of pyridine rings is 1. The summed E-state index contributed by atoms with van der Waals surface area (Å²) in [7, 11) is 0. The Kier molecular flexibility index (Phi) is 2.79. The first kappa shape index (κ1) is 10.6. The minimum atomic E-state index is 0.238. The fourth-order valence-electron chi connectivity index (χ4n) is 1.91. The maximum absolute atomic E-state index is 4.17. The average molecular weight is 204 g/mol. The van der Waals surface area contributed by atoms with Gasteiger partial charge < -0.3 is 5.32 Å². The van der Waals surface area contributed by atoms with Gasteiger partial charge in [-0.1, -0.05) is 6.07 Å². The topological polar surface area (TPSA) is 24.9 Å². The summed E-state index contributed by atoms with van der Waals surface area (Å²) in [6.45, 7) is 7.78. The molecule has 2 rings (SSSR count). The minimum Gasteiger partial charge on any atom is -0.312 e. The van der Waals surface area contributed by atoms with Gasteiger partial charge in [0.2, 0.25) is 0 Å². The average Bonchev–Trinajstić information content (AvgIpc) is 2.94. The third kappa shape index (κ3) is 3.03. The van der Waals surface area contributed by atoms with E-state index in [9.17, 15) is 0 Å². The Morgan fingerprint density at radius 3 is 2.87 bits per heavy atom. The van der Waals surface area contributed by atoms with Gasteiger partial charge in [-0.25, -0.2) is 0 Å². The number of nitrogens with zero attached hydrogens (tertiary/aromatic N) is 1. The number of rotatable bonds is 3. The lowest BCUT2D eigenvalue weighted by atomic mass is 10.1. The first-order valence-electron chi connectivity index (χ1n) is 5.71. The Hall–Kier alpha value is -0.890. The third-order valence-corrected chi connectivity index (χ3v) is 2.93. The molecule has 1 aliphatic rings. The SMILES string of the molecule is CC(C)(C)NCC1CC1c1cccnc1. The van der Waals surface area contributed by atoms with Crippen LogP contribution in [-0.4, -0.2) is 17.1 Å². The molecule has 1 fully saturated rings. The van der Waals surface area contributed by atoms with Crippen molar-refractivity contribution in [1.29, 1.82) is 0 Å². The van der Waals surface area contributed by atoms with E-state index in [-0.39, 0.29) is 5.54 Å².